The third-order valence-electron chi connectivity index (χ3n) is 2.85. The van der Waals surface area contributed by atoms with Gasteiger partial charge in [-0.2, -0.15) is 0 Å². The molecule has 0 unspecified atom stereocenters. The van der Waals surface area contributed by atoms with Gasteiger partial charge >= 0.3 is 0 Å². The average molecular weight is 219 g/mol. The fourth-order valence-corrected chi connectivity index (χ4v) is 1.67. The molecule has 3 nitrogen and oxygen atoms in total. The van der Waals surface area contributed by atoms with Gasteiger partial charge in [-0.05, 0) is 37.6 Å². The molecule has 0 saturated carbocycles. The number of nitrogen functional groups attached to an aromatic ring is 1. The minimum Gasteiger partial charge on any atom is -0.369 e. The molecule has 0 aliphatic rings. The molecule has 1 aromatic heterocycles. The fraction of sp³-hybridized carbons (Fsp3) is 0.250. The highest BCUT2D eigenvalue weighted by Gasteiger charge is 2.11. The van der Waals surface area contributed by atoms with Crippen molar-refractivity contribution in [3.8, 4) is 11.3 Å². The van der Waals surface area contributed by atoms with E-state index in [0.29, 0.717) is 11.5 Å². The lowest BCUT2D eigenvalue weighted by molar-refractivity contribution is 0.619. The molecular weight excluding hydrogens is 205 g/mol. The van der Waals surface area contributed by atoms with Crippen LogP contribution < -0.4 is 5.73 Å². The van der Waals surface area contributed by atoms with Gasteiger partial charge in [0.1, 0.15) is 5.82 Å². The molecule has 2 aromatic rings. The minimum absolute atomic E-state index is 0.203. The molecule has 0 radical (unpaired) electrons. The molecular formula is C12H14FN3. The van der Waals surface area contributed by atoms with E-state index >= 15 is 0 Å². The summed E-state index contributed by atoms with van der Waals surface area (Å²) in [6, 6.07) is 4.95. The molecule has 0 aliphatic carbocycles. The van der Waals surface area contributed by atoms with E-state index in [4.69, 9.17) is 5.73 Å². The van der Waals surface area contributed by atoms with Crippen LogP contribution in [0.15, 0.2) is 18.2 Å². The van der Waals surface area contributed by atoms with Gasteiger partial charge in [0.15, 0.2) is 0 Å². The van der Waals surface area contributed by atoms with E-state index in [1.54, 1.807) is 19.1 Å². The van der Waals surface area contributed by atoms with Crippen LogP contribution in [0.25, 0.3) is 11.3 Å². The van der Waals surface area contributed by atoms with Crippen LogP contribution in [0.4, 0.5) is 10.3 Å². The lowest BCUT2D eigenvalue weighted by Crippen LogP contribution is -1.97. The zero-order valence-corrected chi connectivity index (χ0v) is 9.58. The first-order valence-corrected chi connectivity index (χ1v) is 5.06. The SMILES string of the molecule is Cc1cc(-c2nc(N)n(C)c2C)ccc1F. The highest BCUT2D eigenvalue weighted by molar-refractivity contribution is 5.64. The van der Waals surface area contributed by atoms with Crippen LogP contribution in [0.5, 0.6) is 0 Å². The van der Waals surface area contributed by atoms with E-state index in [1.807, 2.05) is 18.5 Å². The Morgan fingerprint density at radius 2 is 2.00 bits per heavy atom. The molecule has 1 heterocycles. The third kappa shape index (κ3) is 1.56. The van der Waals surface area contributed by atoms with Crippen LogP contribution in [-0.2, 0) is 7.05 Å². The van der Waals surface area contributed by atoms with Crippen LogP contribution in [-0.4, -0.2) is 9.55 Å². The van der Waals surface area contributed by atoms with E-state index < -0.39 is 0 Å². The number of aromatic nitrogens is 2. The van der Waals surface area contributed by atoms with Crippen LogP contribution in [0.1, 0.15) is 11.3 Å². The Morgan fingerprint density at radius 3 is 2.50 bits per heavy atom. The number of anilines is 1. The number of aryl methyl sites for hydroxylation is 1. The number of halogens is 1. The van der Waals surface area contributed by atoms with E-state index in [2.05, 4.69) is 4.98 Å². The fourth-order valence-electron chi connectivity index (χ4n) is 1.67. The zero-order valence-electron chi connectivity index (χ0n) is 9.58. The minimum atomic E-state index is -0.203. The normalized spacial score (nSPS) is 10.8. The first-order valence-electron chi connectivity index (χ1n) is 5.06. The number of benzene rings is 1. The molecule has 2 N–H and O–H groups in total. The number of hydrogen-bond donors (Lipinski definition) is 1. The first kappa shape index (κ1) is 10.7. The van der Waals surface area contributed by atoms with Crippen molar-refractivity contribution < 1.29 is 4.39 Å². The lowest BCUT2D eigenvalue weighted by Gasteiger charge is -2.02. The third-order valence-corrected chi connectivity index (χ3v) is 2.85. The molecule has 1 aromatic carbocycles. The second-order valence-corrected chi connectivity index (χ2v) is 3.93. The molecule has 2 rings (SSSR count). The Labute approximate surface area is 93.7 Å². The van der Waals surface area contributed by atoms with Crippen LogP contribution in [0.2, 0.25) is 0 Å². The first-order chi connectivity index (χ1) is 7.50. The molecule has 0 amide bonds. The predicted octanol–water partition coefficient (Wildman–Crippen LogP) is 2.43. The summed E-state index contributed by atoms with van der Waals surface area (Å²) in [4.78, 5) is 4.27. The quantitative estimate of drug-likeness (QED) is 0.800. The van der Waals surface area contributed by atoms with Crippen molar-refractivity contribution in [1.82, 2.24) is 9.55 Å². The number of nitrogens with two attached hydrogens (primary N) is 1. The molecule has 84 valence electrons. The second-order valence-electron chi connectivity index (χ2n) is 3.93. The Balaban J connectivity index is 2.59. The number of hydrogen-bond acceptors (Lipinski definition) is 2. The zero-order chi connectivity index (χ0) is 11.9. The monoisotopic (exact) mass is 219 g/mol. The highest BCUT2D eigenvalue weighted by Crippen LogP contribution is 2.25. The number of nitrogens with zero attached hydrogens (tertiary/aromatic N) is 2. The van der Waals surface area contributed by atoms with Gasteiger partial charge in [0.2, 0.25) is 5.95 Å². The summed E-state index contributed by atoms with van der Waals surface area (Å²) in [7, 11) is 1.86. The molecule has 0 aliphatic heterocycles. The van der Waals surface area contributed by atoms with E-state index in [-0.39, 0.29) is 5.82 Å². The molecule has 4 heteroatoms. The largest absolute Gasteiger partial charge is 0.369 e. The summed E-state index contributed by atoms with van der Waals surface area (Å²) >= 11 is 0. The van der Waals surface area contributed by atoms with Gasteiger partial charge in [-0.15, -0.1) is 0 Å². The van der Waals surface area contributed by atoms with E-state index in [9.17, 15) is 4.39 Å². The van der Waals surface area contributed by atoms with E-state index in [1.165, 1.54) is 6.07 Å². The predicted molar refractivity (Wildman–Crippen MR) is 62.5 cm³/mol. The van der Waals surface area contributed by atoms with Crippen molar-refractivity contribution in [2.45, 2.75) is 13.8 Å². The van der Waals surface area contributed by atoms with E-state index in [0.717, 1.165) is 17.0 Å². The Bertz CT molecular complexity index is 543. The van der Waals surface area contributed by atoms with Gasteiger partial charge in [0.25, 0.3) is 0 Å². The van der Waals surface area contributed by atoms with Gasteiger partial charge in [0.05, 0.1) is 5.69 Å². The second kappa shape index (κ2) is 3.63. The average Bonchev–Trinajstić information content (AvgIpc) is 2.50. The van der Waals surface area contributed by atoms with Gasteiger partial charge in [-0.25, -0.2) is 9.37 Å². The molecule has 0 saturated heterocycles. The summed E-state index contributed by atoms with van der Waals surface area (Å²) in [5.74, 6) is 0.264. The maximum atomic E-state index is 13.1. The van der Waals surface area contributed by atoms with Gasteiger partial charge in [0, 0.05) is 18.3 Å². The van der Waals surface area contributed by atoms with Crippen molar-refractivity contribution >= 4 is 5.95 Å². The maximum Gasteiger partial charge on any atom is 0.200 e. The van der Waals surface area contributed by atoms with Gasteiger partial charge in [-0.3, -0.25) is 0 Å². The van der Waals surface area contributed by atoms with Crippen molar-refractivity contribution in [3.63, 3.8) is 0 Å². The summed E-state index contributed by atoms with van der Waals surface area (Å²) in [5.41, 5.74) is 9.01. The Morgan fingerprint density at radius 1 is 1.31 bits per heavy atom. The highest BCUT2D eigenvalue weighted by atomic mass is 19.1. The molecule has 0 atom stereocenters. The Hall–Kier alpha value is -1.84. The molecule has 0 bridgehead atoms. The van der Waals surface area contributed by atoms with Crippen molar-refractivity contribution in [1.29, 1.82) is 0 Å². The standard InChI is InChI=1S/C12H14FN3/c1-7-6-9(4-5-10(7)13)11-8(2)16(3)12(14)15-11/h4-6H,1-3H3,(H2,14,15). The smallest absolute Gasteiger partial charge is 0.200 e. The molecule has 0 fully saturated rings. The summed E-state index contributed by atoms with van der Waals surface area (Å²) in [6.45, 7) is 3.68. The summed E-state index contributed by atoms with van der Waals surface area (Å²) in [6.07, 6.45) is 0. The molecule has 16 heavy (non-hydrogen) atoms. The Kier molecular flexibility index (Phi) is 2.42. The van der Waals surface area contributed by atoms with Crippen molar-refractivity contribution in [2.24, 2.45) is 7.05 Å². The van der Waals surface area contributed by atoms with Gasteiger partial charge < -0.3 is 10.3 Å². The maximum absolute atomic E-state index is 13.1. The van der Waals surface area contributed by atoms with Crippen LogP contribution in [0, 0.1) is 19.7 Å². The van der Waals surface area contributed by atoms with Gasteiger partial charge in [-0.1, -0.05) is 0 Å². The topological polar surface area (TPSA) is 43.8 Å². The van der Waals surface area contributed by atoms with Crippen molar-refractivity contribution in [2.75, 3.05) is 5.73 Å². The number of rotatable bonds is 1. The number of imidazole rings is 1. The molecule has 0 spiro atoms. The lowest BCUT2D eigenvalue weighted by atomic mass is 10.1. The van der Waals surface area contributed by atoms with Crippen LogP contribution in [0.3, 0.4) is 0 Å². The van der Waals surface area contributed by atoms with Crippen molar-refractivity contribution in [3.05, 3.63) is 35.3 Å². The summed E-state index contributed by atoms with van der Waals surface area (Å²) < 4.78 is 15.0. The summed E-state index contributed by atoms with van der Waals surface area (Å²) in [5, 5.41) is 0. The van der Waals surface area contributed by atoms with Crippen LogP contribution >= 0.6 is 0 Å².